The summed E-state index contributed by atoms with van der Waals surface area (Å²) in [6.07, 6.45) is 0. The minimum Gasteiger partial charge on any atom is -0.494 e. The molecule has 1 atom stereocenters. The molecule has 1 heterocycles. The van der Waals surface area contributed by atoms with Gasteiger partial charge in [-0.25, -0.2) is 4.39 Å². The third kappa shape index (κ3) is 2.44. The Kier molecular flexibility index (Phi) is 3.88. The standard InChI is InChI=1S/C15H22FN3O/c1-10(2)8-19-14(17)18-9-15(19,3)11-5-6-13(20-4)12(16)7-11/h5-7,10H,8-9H2,1-4H3,(H2,17,18). The van der Waals surface area contributed by atoms with E-state index in [0.717, 1.165) is 12.1 Å². The minimum absolute atomic E-state index is 0.250. The predicted molar refractivity (Wildman–Crippen MR) is 78.3 cm³/mol. The number of halogens is 1. The van der Waals surface area contributed by atoms with Crippen LogP contribution in [0.3, 0.4) is 0 Å². The summed E-state index contributed by atoms with van der Waals surface area (Å²) in [4.78, 5) is 6.39. The summed E-state index contributed by atoms with van der Waals surface area (Å²) in [6, 6.07) is 5.04. The number of rotatable bonds is 4. The summed E-state index contributed by atoms with van der Waals surface area (Å²) in [5, 5.41) is 0. The number of hydrogen-bond acceptors (Lipinski definition) is 4. The van der Waals surface area contributed by atoms with Crippen LogP contribution in [0.15, 0.2) is 23.2 Å². The Labute approximate surface area is 119 Å². The normalized spacial score (nSPS) is 22.3. The van der Waals surface area contributed by atoms with E-state index in [1.165, 1.54) is 13.2 Å². The largest absolute Gasteiger partial charge is 0.494 e. The van der Waals surface area contributed by atoms with Gasteiger partial charge in [-0.15, -0.1) is 0 Å². The number of benzene rings is 1. The maximum absolute atomic E-state index is 13.9. The highest BCUT2D eigenvalue weighted by atomic mass is 19.1. The molecule has 2 N–H and O–H groups in total. The van der Waals surface area contributed by atoms with E-state index in [9.17, 15) is 4.39 Å². The second-order valence-electron chi connectivity index (χ2n) is 5.80. The Bertz CT molecular complexity index is 530. The molecule has 1 aliphatic rings. The number of ether oxygens (including phenoxy) is 1. The van der Waals surface area contributed by atoms with Gasteiger partial charge in [-0.1, -0.05) is 19.9 Å². The molecule has 2 rings (SSSR count). The quantitative estimate of drug-likeness (QED) is 0.920. The molecule has 1 aromatic carbocycles. The topological polar surface area (TPSA) is 50.9 Å². The van der Waals surface area contributed by atoms with Crippen molar-refractivity contribution in [2.45, 2.75) is 26.3 Å². The van der Waals surface area contributed by atoms with Crippen molar-refractivity contribution in [3.63, 3.8) is 0 Å². The van der Waals surface area contributed by atoms with Gasteiger partial charge in [-0.3, -0.25) is 4.99 Å². The first-order chi connectivity index (χ1) is 9.38. The summed E-state index contributed by atoms with van der Waals surface area (Å²) in [5.74, 6) is 0.863. The number of methoxy groups -OCH3 is 1. The molecule has 5 heteroatoms. The second kappa shape index (κ2) is 5.31. The van der Waals surface area contributed by atoms with Crippen LogP contribution >= 0.6 is 0 Å². The van der Waals surface area contributed by atoms with Crippen LogP contribution in [-0.2, 0) is 5.54 Å². The van der Waals surface area contributed by atoms with Gasteiger partial charge in [0.1, 0.15) is 0 Å². The van der Waals surface area contributed by atoms with Crippen LogP contribution in [0.2, 0.25) is 0 Å². The second-order valence-corrected chi connectivity index (χ2v) is 5.80. The van der Waals surface area contributed by atoms with Crippen LogP contribution in [0.25, 0.3) is 0 Å². The first-order valence-electron chi connectivity index (χ1n) is 6.80. The van der Waals surface area contributed by atoms with Crippen molar-refractivity contribution >= 4 is 5.96 Å². The number of nitrogens with zero attached hydrogens (tertiary/aromatic N) is 2. The summed E-state index contributed by atoms with van der Waals surface area (Å²) in [7, 11) is 1.46. The Balaban J connectivity index is 2.36. The average molecular weight is 279 g/mol. The lowest BCUT2D eigenvalue weighted by Crippen LogP contribution is -2.49. The van der Waals surface area contributed by atoms with Gasteiger partial charge >= 0.3 is 0 Å². The maximum atomic E-state index is 13.9. The molecule has 0 bridgehead atoms. The van der Waals surface area contributed by atoms with Crippen LogP contribution in [0, 0.1) is 11.7 Å². The molecule has 110 valence electrons. The molecular weight excluding hydrogens is 257 g/mol. The molecule has 0 spiro atoms. The zero-order valence-corrected chi connectivity index (χ0v) is 12.5. The number of nitrogens with two attached hydrogens (primary N) is 1. The summed E-state index contributed by atoms with van der Waals surface area (Å²) in [6.45, 7) is 7.62. The van der Waals surface area contributed by atoms with Crippen molar-refractivity contribution in [3.8, 4) is 5.75 Å². The van der Waals surface area contributed by atoms with E-state index in [1.807, 2.05) is 13.0 Å². The number of hydrogen-bond donors (Lipinski definition) is 1. The molecule has 1 aliphatic heterocycles. The zero-order chi connectivity index (χ0) is 14.9. The molecule has 0 aliphatic carbocycles. The first kappa shape index (κ1) is 14.6. The third-order valence-electron chi connectivity index (χ3n) is 3.74. The van der Waals surface area contributed by atoms with E-state index in [2.05, 4.69) is 23.7 Å². The number of guanidine groups is 1. The molecule has 1 aromatic rings. The Morgan fingerprint density at radius 3 is 2.75 bits per heavy atom. The van der Waals surface area contributed by atoms with Gasteiger partial charge in [0.15, 0.2) is 17.5 Å². The smallest absolute Gasteiger partial charge is 0.192 e. The lowest BCUT2D eigenvalue weighted by molar-refractivity contribution is 0.203. The van der Waals surface area contributed by atoms with Crippen molar-refractivity contribution in [1.29, 1.82) is 0 Å². The van der Waals surface area contributed by atoms with Crippen molar-refractivity contribution in [2.75, 3.05) is 20.2 Å². The van der Waals surface area contributed by atoms with Crippen molar-refractivity contribution in [3.05, 3.63) is 29.6 Å². The fraction of sp³-hybridized carbons (Fsp3) is 0.533. The fourth-order valence-electron chi connectivity index (χ4n) is 2.57. The summed E-state index contributed by atoms with van der Waals surface area (Å²) < 4.78 is 18.9. The van der Waals surface area contributed by atoms with Gasteiger partial charge in [0, 0.05) is 6.54 Å². The van der Waals surface area contributed by atoms with Gasteiger partial charge < -0.3 is 15.4 Å². The van der Waals surface area contributed by atoms with Crippen LogP contribution < -0.4 is 10.5 Å². The van der Waals surface area contributed by atoms with E-state index in [0.29, 0.717) is 18.4 Å². The lowest BCUT2D eigenvalue weighted by atomic mass is 9.90. The Hall–Kier alpha value is -1.78. The molecule has 1 unspecified atom stereocenters. The van der Waals surface area contributed by atoms with E-state index in [4.69, 9.17) is 10.5 Å². The number of aliphatic imine (C=N–C) groups is 1. The highest BCUT2D eigenvalue weighted by molar-refractivity contribution is 5.81. The first-order valence-corrected chi connectivity index (χ1v) is 6.80. The minimum atomic E-state index is -0.401. The highest BCUT2D eigenvalue weighted by Gasteiger charge is 2.40. The Morgan fingerprint density at radius 1 is 1.50 bits per heavy atom. The maximum Gasteiger partial charge on any atom is 0.192 e. The van der Waals surface area contributed by atoms with Crippen molar-refractivity contribution < 1.29 is 9.13 Å². The summed E-state index contributed by atoms with van der Waals surface area (Å²) >= 11 is 0. The van der Waals surface area contributed by atoms with Gasteiger partial charge in [-0.2, -0.15) is 0 Å². The van der Waals surface area contributed by atoms with Crippen molar-refractivity contribution in [2.24, 2.45) is 16.6 Å². The van der Waals surface area contributed by atoms with E-state index < -0.39 is 5.54 Å². The predicted octanol–water partition coefficient (Wildman–Crippen LogP) is 2.34. The molecule has 0 saturated heterocycles. The molecule has 0 radical (unpaired) electrons. The molecule has 0 fully saturated rings. The fourth-order valence-corrected chi connectivity index (χ4v) is 2.57. The molecule has 0 amide bonds. The average Bonchev–Trinajstić information content (AvgIpc) is 2.68. The van der Waals surface area contributed by atoms with Gasteiger partial charge in [0.25, 0.3) is 0 Å². The molecular formula is C15H22FN3O. The Morgan fingerprint density at radius 2 is 2.20 bits per heavy atom. The van der Waals surface area contributed by atoms with Crippen LogP contribution in [0.1, 0.15) is 26.3 Å². The van der Waals surface area contributed by atoms with Crippen molar-refractivity contribution in [1.82, 2.24) is 4.90 Å². The highest BCUT2D eigenvalue weighted by Crippen LogP contribution is 2.35. The third-order valence-corrected chi connectivity index (χ3v) is 3.74. The van der Waals surface area contributed by atoms with E-state index >= 15 is 0 Å². The van der Waals surface area contributed by atoms with Crippen LogP contribution in [0.4, 0.5) is 4.39 Å². The summed E-state index contributed by atoms with van der Waals surface area (Å²) in [5.41, 5.74) is 6.45. The van der Waals surface area contributed by atoms with E-state index in [1.54, 1.807) is 6.07 Å². The molecule has 0 aromatic heterocycles. The lowest BCUT2D eigenvalue weighted by Gasteiger charge is -2.37. The SMILES string of the molecule is COc1ccc(C2(C)CN=C(N)N2CC(C)C)cc1F. The van der Waals surface area contributed by atoms with Crippen LogP contribution in [0.5, 0.6) is 5.75 Å². The van der Waals surface area contributed by atoms with Crippen LogP contribution in [-0.4, -0.2) is 31.1 Å². The molecule has 0 saturated carbocycles. The van der Waals surface area contributed by atoms with Gasteiger partial charge in [0.05, 0.1) is 19.2 Å². The van der Waals surface area contributed by atoms with Gasteiger partial charge in [-0.05, 0) is 30.5 Å². The van der Waals surface area contributed by atoms with Gasteiger partial charge in [0.2, 0.25) is 0 Å². The monoisotopic (exact) mass is 279 g/mol. The van der Waals surface area contributed by atoms with E-state index in [-0.39, 0.29) is 11.6 Å². The molecule has 4 nitrogen and oxygen atoms in total. The molecule has 20 heavy (non-hydrogen) atoms. The zero-order valence-electron chi connectivity index (χ0n) is 12.5.